The van der Waals surface area contributed by atoms with Crippen LogP contribution in [0.5, 0.6) is 17.2 Å². The van der Waals surface area contributed by atoms with Gasteiger partial charge in [-0.3, -0.25) is 4.98 Å². The van der Waals surface area contributed by atoms with Crippen LogP contribution in [0.15, 0.2) is 72.9 Å². The largest absolute Gasteiger partial charge is 0.496 e. The fraction of sp³-hybridized carbons (Fsp3) is 0.192. The third kappa shape index (κ3) is 6.56. The number of aromatic nitrogens is 1. The Morgan fingerprint density at radius 3 is 2.41 bits per heavy atom. The van der Waals surface area contributed by atoms with Crippen molar-refractivity contribution in [1.82, 2.24) is 10.3 Å². The molecule has 3 aromatic carbocycles. The molecule has 4 aromatic rings. The lowest BCUT2D eigenvalue weighted by molar-refractivity contribution is 0.406. The first-order chi connectivity index (χ1) is 16.1. The zero-order valence-corrected chi connectivity index (χ0v) is 19.5. The third-order valence-corrected chi connectivity index (χ3v) is 5.17. The van der Waals surface area contributed by atoms with Crippen LogP contribution < -0.4 is 20.1 Å². The van der Waals surface area contributed by atoms with E-state index in [1.807, 2.05) is 24.3 Å². The number of nitrogens with zero attached hydrogens (tertiary/aromatic N) is 1. The summed E-state index contributed by atoms with van der Waals surface area (Å²) < 4.78 is 37.6. The fourth-order valence-electron chi connectivity index (χ4n) is 3.53. The van der Waals surface area contributed by atoms with Crippen LogP contribution in [-0.4, -0.2) is 25.2 Å². The van der Waals surface area contributed by atoms with Crippen molar-refractivity contribution in [3.05, 3.63) is 90.1 Å². The Balaban J connectivity index is 0.00000324. The van der Waals surface area contributed by atoms with Crippen LogP contribution in [0, 0.1) is 11.6 Å². The summed E-state index contributed by atoms with van der Waals surface area (Å²) in [6.45, 7) is 2.07. The molecule has 0 aliphatic rings. The van der Waals surface area contributed by atoms with E-state index in [1.165, 1.54) is 24.3 Å². The van der Waals surface area contributed by atoms with Crippen molar-refractivity contribution in [3.63, 3.8) is 0 Å². The number of hydrogen-bond donors (Lipinski definition) is 2. The first-order valence-electron chi connectivity index (χ1n) is 10.7. The molecule has 0 aliphatic heterocycles. The van der Waals surface area contributed by atoms with E-state index in [9.17, 15) is 8.78 Å². The van der Waals surface area contributed by atoms with Gasteiger partial charge in [0.2, 0.25) is 0 Å². The summed E-state index contributed by atoms with van der Waals surface area (Å²) in [6, 6.07) is 18.0. The zero-order valence-electron chi connectivity index (χ0n) is 18.7. The second kappa shape index (κ2) is 12.2. The van der Waals surface area contributed by atoms with Crippen LogP contribution in [0.1, 0.15) is 12.0 Å². The highest BCUT2D eigenvalue weighted by molar-refractivity contribution is 5.91. The number of pyridine rings is 1. The molecule has 178 valence electrons. The summed E-state index contributed by atoms with van der Waals surface area (Å²) in [5, 5.41) is 7.76. The van der Waals surface area contributed by atoms with Gasteiger partial charge < -0.3 is 20.1 Å². The van der Waals surface area contributed by atoms with Crippen LogP contribution in [0.25, 0.3) is 10.9 Å². The lowest BCUT2D eigenvalue weighted by Crippen LogP contribution is -2.18. The molecule has 0 bridgehead atoms. The van der Waals surface area contributed by atoms with Gasteiger partial charge in [-0.15, -0.1) is 12.4 Å². The van der Waals surface area contributed by atoms with Crippen molar-refractivity contribution >= 4 is 29.0 Å². The fourth-order valence-corrected chi connectivity index (χ4v) is 3.53. The number of benzene rings is 3. The minimum atomic E-state index is -0.304. The molecule has 1 aromatic heterocycles. The summed E-state index contributed by atoms with van der Waals surface area (Å²) >= 11 is 0. The smallest absolute Gasteiger partial charge is 0.129 e. The minimum Gasteiger partial charge on any atom is -0.496 e. The molecule has 0 spiro atoms. The molecule has 4 rings (SSSR count). The maximum absolute atomic E-state index is 13.5. The molecular weight excluding hydrogens is 460 g/mol. The summed E-state index contributed by atoms with van der Waals surface area (Å²) in [4.78, 5) is 4.44. The predicted molar refractivity (Wildman–Crippen MR) is 133 cm³/mol. The SMILES string of the molecule is COc1ccc(F)cc1CNCCCNc1ccnc2cc(Oc3ccc(F)cc3)ccc12.Cl. The van der Waals surface area contributed by atoms with Crippen LogP contribution in [0.2, 0.25) is 0 Å². The first kappa shape index (κ1) is 25.2. The highest BCUT2D eigenvalue weighted by atomic mass is 35.5. The number of ether oxygens (including phenoxy) is 2. The summed E-state index contributed by atoms with van der Waals surface area (Å²) in [5.74, 6) is 1.30. The quantitative estimate of drug-likeness (QED) is 0.257. The van der Waals surface area contributed by atoms with E-state index in [2.05, 4.69) is 15.6 Å². The van der Waals surface area contributed by atoms with Gasteiger partial charge >= 0.3 is 0 Å². The van der Waals surface area contributed by atoms with Crippen molar-refractivity contribution in [2.24, 2.45) is 0 Å². The van der Waals surface area contributed by atoms with Crippen LogP contribution in [-0.2, 0) is 6.54 Å². The highest BCUT2D eigenvalue weighted by Crippen LogP contribution is 2.28. The number of fused-ring (bicyclic) bond motifs is 1. The minimum absolute atomic E-state index is 0. The Bertz CT molecular complexity index is 1220. The lowest BCUT2D eigenvalue weighted by atomic mass is 10.1. The Hall–Kier alpha value is -3.42. The Labute approximate surface area is 203 Å². The molecule has 0 aliphatic carbocycles. The molecule has 2 N–H and O–H groups in total. The molecular formula is C26H26ClF2N3O2. The average molecular weight is 486 g/mol. The van der Waals surface area contributed by atoms with Crippen LogP contribution in [0.3, 0.4) is 0 Å². The standard InChI is InChI=1S/C26H25F2N3O2.ClH/c1-32-26-10-5-20(28)15-18(26)17-29-12-2-13-30-24-11-14-31-25-16-22(8-9-23(24)25)33-21-6-3-19(27)4-7-21;/h3-11,14-16,29H,2,12-13,17H2,1H3,(H,30,31);1H. The van der Waals surface area contributed by atoms with Gasteiger partial charge in [0.15, 0.2) is 0 Å². The van der Waals surface area contributed by atoms with Gasteiger partial charge in [0.1, 0.15) is 28.9 Å². The van der Waals surface area contributed by atoms with Gasteiger partial charge in [0.05, 0.1) is 12.6 Å². The molecule has 1 heterocycles. The Kier molecular flexibility index (Phi) is 9.01. The topological polar surface area (TPSA) is 55.4 Å². The van der Waals surface area contributed by atoms with Gasteiger partial charge in [-0.1, -0.05) is 0 Å². The molecule has 0 saturated heterocycles. The van der Waals surface area contributed by atoms with Crippen molar-refractivity contribution in [1.29, 1.82) is 0 Å². The molecule has 0 saturated carbocycles. The highest BCUT2D eigenvalue weighted by Gasteiger charge is 2.06. The lowest BCUT2D eigenvalue weighted by Gasteiger charge is -2.12. The number of hydrogen-bond acceptors (Lipinski definition) is 5. The van der Waals surface area contributed by atoms with Crippen LogP contribution in [0.4, 0.5) is 14.5 Å². The van der Waals surface area contributed by atoms with Crippen molar-refractivity contribution in [2.45, 2.75) is 13.0 Å². The monoisotopic (exact) mass is 485 g/mol. The zero-order chi connectivity index (χ0) is 23.0. The number of halogens is 3. The number of rotatable bonds is 10. The summed E-state index contributed by atoms with van der Waals surface area (Å²) in [7, 11) is 1.58. The molecule has 0 atom stereocenters. The first-order valence-corrected chi connectivity index (χ1v) is 10.7. The maximum atomic E-state index is 13.5. The number of methoxy groups -OCH3 is 1. The molecule has 0 unspecified atom stereocenters. The number of nitrogens with one attached hydrogen (secondary N) is 2. The van der Waals surface area contributed by atoms with Crippen molar-refractivity contribution in [2.75, 3.05) is 25.5 Å². The Morgan fingerprint density at radius 1 is 0.853 bits per heavy atom. The average Bonchev–Trinajstić information content (AvgIpc) is 2.83. The molecule has 0 amide bonds. The summed E-state index contributed by atoms with van der Waals surface area (Å²) in [6.07, 6.45) is 2.63. The predicted octanol–water partition coefficient (Wildman–Crippen LogP) is 6.33. The van der Waals surface area contributed by atoms with E-state index < -0.39 is 0 Å². The van der Waals surface area contributed by atoms with Gasteiger partial charge in [-0.25, -0.2) is 8.78 Å². The van der Waals surface area contributed by atoms with Gasteiger partial charge in [0, 0.05) is 42.0 Å². The van der Waals surface area contributed by atoms with Gasteiger partial charge in [-0.05, 0) is 73.6 Å². The van der Waals surface area contributed by atoms with E-state index >= 15 is 0 Å². The molecule has 0 fully saturated rings. The summed E-state index contributed by atoms with van der Waals surface area (Å²) in [5.41, 5.74) is 2.58. The molecule has 0 radical (unpaired) electrons. The van der Waals surface area contributed by atoms with Gasteiger partial charge in [-0.2, -0.15) is 0 Å². The second-order valence-electron chi connectivity index (χ2n) is 7.51. The van der Waals surface area contributed by atoms with E-state index in [-0.39, 0.29) is 24.0 Å². The van der Waals surface area contributed by atoms with E-state index in [4.69, 9.17) is 9.47 Å². The Morgan fingerprint density at radius 2 is 1.62 bits per heavy atom. The third-order valence-electron chi connectivity index (χ3n) is 5.17. The van der Waals surface area contributed by atoms with Crippen molar-refractivity contribution < 1.29 is 18.3 Å². The number of anilines is 1. The van der Waals surface area contributed by atoms with Gasteiger partial charge in [0.25, 0.3) is 0 Å². The van der Waals surface area contributed by atoms with E-state index in [1.54, 1.807) is 31.5 Å². The second-order valence-corrected chi connectivity index (χ2v) is 7.51. The van der Waals surface area contributed by atoms with E-state index in [0.717, 1.165) is 41.7 Å². The molecule has 5 nitrogen and oxygen atoms in total. The normalized spacial score (nSPS) is 10.6. The van der Waals surface area contributed by atoms with E-state index in [0.29, 0.717) is 23.8 Å². The maximum Gasteiger partial charge on any atom is 0.129 e. The van der Waals surface area contributed by atoms with Crippen molar-refractivity contribution in [3.8, 4) is 17.2 Å². The molecule has 8 heteroatoms. The van der Waals surface area contributed by atoms with Crippen LogP contribution >= 0.6 is 12.4 Å². The molecule has 34 heavy (non-hydrogen) atoms.